The Labute approximate surface area is 120 Å². The lowest BCUT2D eigenvalue weighted by Crippen LogP contribution is -2.30. The van der Waals surface area contributed by atoms with Crippen LogP contribution in [-0.2, 0) is 15.8 Å². The van der Waals surface area contributed by atoms with E-state index in [9.17, 15) is 13.2 Å². The van der Waals surface area contributed by atoms with Gasteiger partial charge in [-0.05, 0) is 23.6 Å². The van der Waals surface area contributed by atoms with E-state index in [2.05, 4.69) is 4.72 Å². The maximum absolute atomic E-state index is 12.0. The molecule has 0 aliphatic rings. The van der Waals surface area contributed by atoms with Gasteiger partial charge in [0.1, 0.15) is 0 Å². The Hall–Kier alpha value is -1.40. The van der Waals surface area contributed by atoms with Gasteiger partial charge in [-0.2, -0.15) is 0 Å². The third kappa shape index (κ3) is 5.30. The third-order valence-electron chi connectivity index (χ3n) is 3.28. The van der Waals surface area contributed by atoms with E-state index in [1.54, 1.807) is 12.1 Å². The van der Waals surface area contributed by atoms with Crippen LogP contribution in [-0.4, -0.2) is 26.0 Å². The van der Waals surface area contributed by atoms with Crippen LogP contribution in [0.5, 0.6) is 0 Å². The Kier molecular flexibility index (Phi) is 6.16. The Morgan fingerprint density at radius 1 is 1.30 bits per heavy atom. The summed E-state index contributed by atoms with van der Waals surface area (Å²) in [5.41, 5.74) is 0.569. The lowest BCUT2D eigenvalue weighted by Gasteiger charge is -2.13. The van der Waals surface area contributed by atoms with E-state index in [-0.39, 0.29) is 11.3 Å². The first kappa shape index (κ1) is 16.7. The number of carboxylic acid groups (broad SMARTS) is 1. The molecule has 20 heavy (non-hydrogen) atoms. The number of hydrogen-bond acceptors (Lipinski definition) is 3. The summed E-state index contributed by atoms with van der Waals surface area (Å²) in [5.74, 6) is -0.932. The molecule has 1 aromatic carbocycles. The highest BCUT2D eigenvalue weighted by atomic mass is 32.2. The zero-order valence-corrected chi connectivity index (χ0v) is 12.6. The Morgan fingerprint density at radius 3 is 2.50 bits per heavy atom. The molecule has 0 fully saturated rings. The van der Waals surface area contributed by atoms with Crippen molar-refractivity contribution in [3.05, 3.63) is 35.4 Å². The molecule has 0 atom stereocenters. The molecule has 0 radical (unpaired) electrons. The second-order valence-corrected chi connectivity index (χ2v) is 6.60. The average molecular weight is 299 g/mol. The first-order valence-corrected chi connectivity index (χ1v) is 8.32. The summed E-state index contributed by atoms with van der Waals surface area (Å²) in [7, 11) is -3.44. The van der Waals surface area contributed by atoms with Crippen LogP contribution in [0.3, 0.4) is 0 Å². The Bertz CT molecular complexity index is 550. The molecule has 0 saturated carbocycles. The van der Waals surface area contributed by atoms with E-state index in [0.717, 1.165) is 12.8 Å². The molecule has 1 aromatic rings. The van der Waals surface area contributed by atoms with Crippen molar-refractivity contribution in [1.82, 2.24) is 4.72 Å². The zero-order valence-electron chi connectivity index (χ0n) is 11.8. The highest BCUT2D eigenvalue weighted by Gasteiger charge is 2.14. The standard InChI is InChI=1S/C14H21NO4S/c1-3-11(4-2)9-15-20(18,19)10-12-6-5-7-13(8-12)14(16)17/h5-8,11,15H,3-4,9-10H2,1-2H3,(H,16,17). The molecule has 0 heterocycles. The fourth-order valence-electron chi connectivity index (χ4n) is 1.89. The fraction of sp³-hybridized carbons (Fsp3) is 0.500. The summed E-state index contributed by atoms with van der Waals surface area (Å²) in [5, 5.41) is 8.88. The summed E-state index contributed by atoms with van der Waals surface area (Å²) in [6.45, 7) is 4.48. The molecule has 0 bridgehead atoms. The lowest BCUT2D eigenvalue weighted by atomic mass is 10.0. The summed E-state index contributed by atoms with van der Waals surface area (Å²) in [4.78, 5) is 10.8. The molecule has 6 heteroatoms. The highest BCUT2D eigenvalue weighted by Crippen LogP contribution is 2.10. The van der Waals surface area contributed by atoms with Crippen molar-refractivity contribution >= 4 is 16.0 Å². The van der Waals surface area contributed by atoms with E-state index >= 15 is 0 Å². The predicted octanol–water partition coefficient (Wildman–Crippen LogP) is 2.24. The normalized spacial score (nSPS) is 11.8. The number of sulfonamides is 1. The number of rotatable bonds is 8. The van der Waals surface area contributed by atoms with Crippen molar-refractivity contribution in [2.75, 3.05) is 6.54 Å². The van der Waals surface area contributed by atoms with Gasteiger partial charge in [-0.15, -0.1) is 0 Å². The van der Waals surface area contributed by atoms with Crippen LogP contribution in [0.15, 0.2) is 24.3 Å². The van der Waals surface area contributed by atoms with Crippen LogP contribution in [0.25, 0.3) is 0 Å². The second-order valence-electron chi connectivity index (χ2n) is 4.80. The van der Waals surface area contributed by atoms with Crippen molar-refractivity contribution in [3.8, 4) is 0 Å². The van der Waals surface area contributed by atoms with Crippen LogP contribution in [0, 0.1) is 5.92 Å². The highest BCUT2D eigenvalue weighted by molar-refractivity contribution is 7.88. The van der Waals surface area contributed by atoms with Crippen molar-refractivity contribution in [2.45, 2.75) is 32.4 Å². The van der Waals surface area contributed by atoms with E-state index < -0.39 is 16.0 Å². The minimum Gasteiger partial charge on any atom is -0.478 e. The molecule has 5 nitrogen and oxygen atoms in total. The smallest absolute Gasteiger partial charge is 0.335 e. The fourth-order valence-corrected chi connectivity index (χ4v) is 3.10. The lowest BCUT2D eigenvalue weighted by molar-refractivity contribution is 0.0696. The first-order valence-electron chi connectivity index (χ1n) is 6.67. The van der Waals surface area contributed by atoms with Crippen molar-refractivity contribution < 1.29 is 18.3 Å². The van der Waals surface area contributed by atoms with Gasteiger partial charge in [0, 0.05) is 6.54 Å². The van der Waals surface area contributed by atoms with Gasteiger partial charge in [-0.1, -0.05) is 38.8 Å². The van der Waals surface area contributed by atoms with E-state index in [0.29, 0.717) is 18.0 Å². The number of carboxylic acids is 1. The predicted molar refractivity (Wildman–Crippen MR) is 78.1 cm³/mol. The van der Waals surface area contributed by atoms with Gasteiger partial charge < -0.3 is 5.11 Å². The van der Waals surface area contributed by atoms with Gasteiger partial charge in [-0.3, -0.25) is 0 Å². The monoisotopic (exact) mass is 299 g/mol. The largest absolute Gasteiger partial charge is 0.478 e. The van der Waals surface area contributed by atoms with Gasteiger partial charge in [0.15, 0.2) is 0 Å². The molecular weight excluding hydrogens is 278 g/mol. The minimum atomic E-state index is -3.44. The topological polar surface area (TPSA) is 83.5 Å². The van der Waals surface area contributed by atoms with E-state index in [1.807, 2.05) is 13.8 Å². The van der Waals surface area contributed by atoms with Crippen LogP contribution in [0.1, 0.15) is 42.6 Å². The summed E-state index contributed by atoms with van der Waals surface area (Å²) < 4.78 is 26.5. The van der Waals surface area contributed by atoms with Crippen LogP contribution in [0.4, 0.5) is 0 Å². The van der Waals surface area contributed by atoms with Crippen LogP contribution >= 0.6 is 0 Å². The quantitative estimate of drug-likeness (QED) is 0.771. The first-order chi connectivity index (χ1) is 9.38. The van der Waals surface area contributed by atoms with Gasteiger partial charge >= 0.3 is 5.97 Å². The molecule has 2 N–H and O–H groups in total. The van der Waals surface area contributed by atoms with E-state index in [1.165, 1.54) is 12.1 Å². The number of aromatic carboxylic acids is 1. The van der Waals surface area contributed by atoms with Gasteiger partial charge in [-0.25, -0.2) is 17.9 Å². The molecule has 0 unspecified atom stereocenters. The molecule has 0 spiro atoms. The number of carbonyl (C=O) groups is 1. The SMILES string of the molecule is CCC(CC)CNS(=O)(=O)Cc1cccc(C(=O)O)c1. The molecular formula is C14H21NO4S. The maximum Gasteiger partial charge on any atom is 0.335 e. The molecule has 0 amide bonds. The van der Waals surface area contributed by atoms with Gasteiger partial charge in [0.2, 0.25) is 10.0 Å². The summed E-state index contributed by atoms with van der Waals surface area (Å²) in [6.07, 6.45) is 1.85. The summed E-state index contributed by atoms with van der Waals surface area (Å²) in [6, 6.07) is 5.99. The third-order valence-corrected chi connectivity index (χ3v) is 4.60. The van der Waals surface area contributed by atoms with Gasteiger partial charge in [0.05, 0.1) is 11.3 Å². The number of nitrogens with one attached hydrogen (secondary N) is 1. The number of hydrogen-bond donors (Lipinski definition) is 2. The molecule has 0 aliphatic carbocycles. The Morgan fingerprint density at radius 2 is 1.95 bits per heavy atom. The average Bonchev–Trinajstić information content (AvgIpc) is 2.39. The molecule has 1 rings (SSSR count). The van der Waals surface area contributed by atoms with Crippen molar-refractivity contribution in [3.63, 3.8) is 0 Å². The molecule has 0 aromatic heterocycles. The summed E-state index contributed by atoms with van der Waals surface area (Å²) >= 11 is 0. The van der Waals surface area contributed by atoms with Crippen LogP contribution < -0.4 is 4.72 Å². The number of benzene rings is 1. The van der Waals surface area contributed by atoms with Crippen molar-refractivity contribution in [1.29, 1.82) is 0 Å². The maximum atomic E-state index is 12.0. The van der Waals surface area contributed by atoms with Crippen LogP contribution in [0.2, 0.25) is 0 Å². The molecule has 0 aliphatic heterocycles. The molecule has 112 valence electrons. The zero-order chi connectivity index (χ0) is 15.2. The minimum absolute atomic E-state index is 0.0951. The van der Waals surface area contributed by atoms with Crippen molar-refractivity contribution in [2.24, 2.45) is 5.92 Å². The van der Waals surface area contributed by atoms with Gasteiger partial charge in [0.25, 0.3) is 0 Å². The second kappa shape index (κ2) is 7.40. The Balaban J connectivity index is 2.71. The molecule has 0 saturated heterocycles. The van der Waals surface area contributed by atoms with E-state index in [4.69, 9.17) is 5.11 Å².